The maximum absolute atomic E-state index is 13.2. The van der Waals surface area contributed by atoms with E-state index in [9.17, 15) is 13.2 Å². The molecule has 1 saturated heterocycles. The number of morpholine rings is 1. The van der Waals surface area contributed by atoms with Crippen molar-refractivity contribution in [3.63, 3.8) is 0 Å². The van der Waals surface area contributed by atoms with Crippen molar-refractivity contribution in [3.05, 3.63) is 46.9 Å². The number of rotatable bonds is 4. The third kappa shape index (κ3) is 4.75. The van der Waals surface area contributed by atoms with Gasteiger partial charge in [-0.05, 0) is 48.4 Å². The predicted molar refractivity (Wildman–Crippen MR) is 113 cm³/mol. The van der Waals surface area contributed by atoms with Crippen LogP contribution in [0.1, 0.15) is 24.1 Å². The Balaban J connectivity index is 1.69. The number of nitrogens with zero attached hydrogens (tertiary/aromatic N) is 4. The molecule has 3 heterocycles. The highest BCUT2D eigenvalue weighted by Crippen LogP contribution is 2.34. The van der Waals surface area contributed by atoms with Crippen LogP contribution in [-0.4, -0.2) is 41.3 Å². The van der Waals surface area contributed by atoms with Crippen molar-refractivity contribution >= 4 is 39.8 Å². The molecule has 0 amide bonds. The second kappa shape index (κ2) is 8.35. The number of benzene rings is 1. The first-order valence-electron chi connectivity index (χ1n) is 9.61. The first-order chi connectivity index (χ1) is 14.7. The third-order valence-electron chi connectivity index (χ3n) is 5.03. The number of aromatic nitrogens is 3. The van der Waals surface area contributed by atoms with Crippen LogP contribution in [0.4, 0.5) is 30.5 Å². The van der Waals surface area contributed by atoms with E-state index in [0.29, 0.717) is 48.6 Å². The zero-order valence-electron chi connectivity index (χ0n) is 16.6. The zero-order valence-corrected chi connectivity index (χ0v) is 17.3. The number of halogens is 4. The molecule has 3 N–H and O–H groups in total. The van der Waals surface area contributed by atoms with E-state index in [0.717, 1.165) is 18.0 Å². The molecule has 1 aliphatic rings. The summed E-state index contributed by atoms with van der Waals surface area (Å²) in [7, 11) is 0. The molecule has 0 aliphatic carbocycles. The van der Waals surface area contributed by atoms with E-state index in [-0.39, 0.29) is 11.0 Å². The molecule has 31 heavy (non-hydrogen) atoms. The number of hydrogen-bond acceptors (Lipinski definition) is 7. The van der Waals surface area contributed by atoms with Crippen molar-refractivity contribution in [1.82, 2.24) is 15.0 Å². The molecule has 0 saturated carbocycles. The van der Waals surface area contributed by atoms with E-state index in [4.69, 9.17) is 22.1 Å². The zero-order chi connectivity index (χ0) is 22.2. The van der Waals surface area contributed by atoms with Gasteiger partial charge >= 0.3 is 6.18 Å². The summed E-state index contributed by atoms with van der Waals surface area (Å²) < 4.78 is 44.9. The van der Waals surface area contributed by atoms with Gasteiger partial charge in [-0.3, -0.25) is 0 Å². The molecule has 4 rings (SSSR count). The van der Waals surface area contributed by atoms with E-state index in [2.05, 4.69) is 25.2 Å². The van der Waals surface area contributed by atoms with Crippen molar-refractivity contribution in [3.8, 4) is 0 Å². The number of nitrogens with two attached hydrogens (primary N) is 1. The molecule has 1 aromatic carbocycles. The Kier molecular flexibility index (Phi) is 5.76. The van der Waals surface area contributed by atoms with Gasteiger partial charge in [0.15, 0.2) is 0 Å². The molecule has 1 aliphatic heterocycles. The van der Waals surface area contributed by atoms with Crippen LogP contribution in [0.3, 0.4) is 0 Å². The van der Waals surface area contributed by atoms with E-state index in [1.807, 2.05) is 6.07 Å². The second-order valence-corrected chi connectivity index (χ2v) is 7.59. The van der Waals surface area contributed by atoms with Crippen molar-refractivity contribution in [2.45, 2.75) is 19.1 Å². The van der Waals surface area contributed by atoms with Crippen molar-refractivity contribution < 1.29 is 17.9 Å². The number of hydrogen-bond donors (Lipinski definition) is 2. The van der Waals surface area contributed by atoms with Gasteiger partial charge in [-0.15, -0.1) is 0 Å². The topological polar surface area (TPSA) is 89.2 Å². The van der Waals surface area contributed by atoms with Crippen LogP contribution in [0.2, 0.25) is 5.28 Å². The first-order valence-corrected chi connectivity index (χ1v) is 9.98. The average Bonchev–Trinajstić information content (AvgIpc) is 2.73. The fourth-order valence-electron chi connectivity index (χ4n) is 3.45. The normalized spacial score (nSPS) is 15.8. The van der Waals surface area contributed by atoms with Gasteiger partial charge in [-0.2, -0.15) is 13.2 Å². The quantitative estimate of drug-likeness (QED) is 0.451. The molecule has 0 spiro atoms. The molecule has 0 bridgehead atoms. The summed E-state index contributed by atoms with van der Waals surface area (Å²) in [5, 5.41) is 3.81. The predicted octanol–water partition coefficient (Wildman–Crippen LogP) is 4.29. The van der Waals surface area contributed by atoms with Crippen LogP contribution in [0.5, 0.6) is 0 Å². The lowest BCUT2D eigenvalue weighted by atomic mass is 10.0. The van der Waals surface area contributed by atoms with Crippen LogP contribution in [0.25, 0.3) is 10.9 Å². The molecule has 2 aromatic heterocycles. The highest BCUT2D eigenvalue weighted by Gasteiger charge is 2.31. The molecule has 164 valence electrons. The van der Waals surface area contributed by atoms with Gasteiger partial charge in [0.25, 0.3) is 0 Å². The number of pyridine rings is 1. The van der Waals surface area contributed by atoms with Gasteiger partial charge in [-0.25, -0.2) is 15.0 Å². The second-order valence-electron chi connectivity index (χ2n) is 7.25. The molecule has 0 unspecified atom stereocenters. The van der Waals surface area contributed by atoms with E-state index >= 15 is 0 Å². The average molecular weight is 453 g/mol. The SMILES string of the molecule is C[C@@H](Nc1nc(Cl)nc2cnc(N3CCOCC3)cc12)c1cc(N)cc(C(F)(F)F)c1. The summed E-state index contributed by atoms with van der Waals surface area (Å²) in [6.45, 7) is 4.35. The number of nitrogens with one attached hydrogen (secondary N) is 1. The maximum Gasteiger partial charge on any atom is 0.416 e. The molecule has 11 heteroatoms. The highest BCUT2D eigenvalue weighted by atomic mass is 35.5. The Bertz CT molecular complexity index is 1100. The van der Waals surface area contributed by atoms with E-state index in [1.54, 1.807) is 13.1 Å². The van der Waals surface area contributed by atoms with Crippen LogP contribution in [0, 0.1) is 0 Å². The smallest absolute Gasteiger partial charge is 0.399 e. The standard InChI is InChI=1S/C20H20ClF3N6O/c1-11(12-6-13(20(22,23)24)8-14(25)7-12)27-18-15-9-17(30-2-4-31-5-3-30)26-10-16(15)28-19(21)29-18/h6-11H,2-5,25H2,1H3,(H,27,28,29)/t11-/m1/s1. The lowest BCUT2D eigenvalue weighted by Crippen LogP contribution is -2.36. The summed E-state index contributed by atoms with van der Waals surface area (Å²) in [5.41, 5.74) is 5.83. The summed E-state index contributed by atoms with van der Waals surface area (Å²) in [6, 6.07) is 4.79. The lowest BCUT2D eigenvalue weighted by molar-refractivity contribution is -0.137. The summed E-state index contributed by atoms with van der Waals surface area (Å²) in [4.78, 5) is 15.0. The number of ether oxygens (including phenoxy) is 1. The molecular formula is C20H20ClF3N6O. The Morgan fingerprint density at radius 3 is 2.61 bits per heavy atom. The maximum atomic E-state index is 13.2. The fourth-order valence-corrected chi connectivity index (χ4v) is 3.62. The van der Waals surface area contributed by atoms with Crippen molar-refractivity contribution in [2.24, 2.45) is 0 Å². The Hall–Kier alpha value is -2.85. The number of nitrogen functional groups attached to an aromatic ring is 1. The number of anilines is 3. The Morgan fingerprint density at radius 1 is 1.16 bits per heavy atom. The Labute approximate surface area is 181 Å². The van der Waals surface area contributed by atoms with Crippen molar-refractivity contribution in [1.29, 1.82) is 0 Å². The van der Waals surface area contributed by atoms with Crippen LogP contribution < -0.4 is 16.0 Å². The summed E-state index contributed by atoms with van der Waals surface area (Å²) in [6.07, 6.45) is -2.89. The molecule has 7 nitrogen and oxygen atoms in total. The summed E-state index contributed by atoms with van der Waals surface area (Å²) in [5.74, 6) is 1.14. The van der Waals surface area contributed by atoms with Crippen molar-refractivity contribution in [2.75, 3.05) is 42.3 Å². The van der Waals surface area contributed by atoms with Crippen LogP contribution in [-0.2, 0) is 10.9 Å². The minimum Gasteiger partial charge on any atom is -0.399 e. The van der Waals surface area contributed by atoms with Gasteiger partial charge in [-0.1, -0.05) is 0 Å². The minimum atomic E-state index is -4.49. The third-order valence-corrected chi connectivity index (χ3v) is 5.20. The van der Waals surface area contributed by atoms with Gasteiger partial charge in [0.05, 0.1) is 36.5 Å². The monoisotopic (exact) mass is 452 g/mol. The minimum absolute atomic E-state index is 0.00618. The molecular weight excluding hydrogens is 433 g/mol. The number of alkyl halides is 3. The summed E-state index contributed by atoms with van der Waals surface area (Å²) >= 11 is 6.07. The molecule has 0 radical (unpaired) electrons. The van der Waals surface area contributed by atoms with Gasteiger partial charge in [0, 0.05) is 24.2 Å². The number of fused-ring (bicyclic) bond motifs is 1. The van der Waals surface area contributed by atoms with Gasteiger partial charge in [0.2, 0.25) is 5.28 Å². The molecule has 1 fully saturated rings. The lowest BCUT2D eigenvalue weighted by Gasteiger charge is -2.28. The van der Waals surface area contributed by atoms with Crippen LogP contribution in [0.15, 0.2) is 30.5 Å². The first kappa shape index (κ1) is 21.4. The highest BCUT2D eigenvalue weighted by molar-refractivity contribution is 6.28. The van der Waals surface area contributed by atoms with Crippen LogP contribution >= 0.6 is 11.6 Å². The van der Waals surface area contributed by atoms with E-state index in [1.165, 1.54) is 6.07 Å². The Morgan fingerprint density at radius 2 is 1.90 bits per heavy atom. The fraction of sp³-hybridized carbons (Fsp3) is 0.350. The largest absolute Gasteiger partial charge is 0.416 e. The molecule has 3 aromatic rings. The molecule has 1 atom stereocenters. The van der Waals surface area contributed by atoms with E-state index < -0.39 is 17.8 Å². The van der Waals surface area contributed by atoms with Gasteiger partial charge in [0.1, 0.15) is 11.6 Å². The van der Waals surface area contributed by atoms with Gasteiger partial charge < -0.3 is 20.7 Å².